The van der Waals surface area contributed by atoms with Gasteiger partial charge in [0.25, 0.3) is 0 Å². The van der Waals surface area contributed by atoms with Crippen LogP contribution in [-0.2, 0) is 0 Å². The highest BCUT2D eigenvalue weighted by molar-refractivity contribution is 14.1. The lowest BCUT2D eigenvalue weighted by Gasteiger charge is -1.97. The van der Waals surface area contributed by atoms with Crippen molar-refractivity contribution in [3.63, 3.8) is 0 Å². The van der Waals surface area contributed by atoms with Crippen molar-refractivity contribution in [2.45, 2.75) is 0 Å². The van der Waals surface area contributed by atoms with E-state index in [4.69, 9.17) is 16.9 Å². The van der Waals surface area contributed by atoms with Gasteiger partial charge in [-0.15, -0.1) is 0 Å². The number of hydrogen-bond acceptors (Lipinski definition) is 1. The summed E-state index contributed by atoms with van der Waals surface area (Å²) in [6.07, 6.45) is 0. The Morgan fingerprint density at radius 3 is 2.73 bits per heavy atom. The van der Waals surface area contributed by atoms with Crippen LogP contribution in [0.2, 0.25) is 5.02 Å². The number of halogens is 3. The van der Waals surface area contributed by atoms with Crippen LogP contribution < -0.4 is 0 Å². The van der Waals surface area contributed by atoms with E-state index < -0.39 is 0 Å². The van der Waals surface area contributed by atoms with Crippen LogP contribution in [0.1, 0.15) is 5.56 Å². The lowest BCUT2D eigenvalue weighted by atomic mass is 10.2. The van der Waals surface area contributed by atoms with E-state index in [-0.39, 0.29) is 0 Å². The molecular formula is C7H2BrClIN. The molecule has 56 valence electrons. The zero-order valence-electron chi connectivity index (χ0n) is 5.24. The van der Waals surface area contributed by atoms with Gasteiger partial charge in [-0.05, 0) is 50.7 Å². The van der Waals surface area contributed by atoms with Gasteiger partial charge in [0.1, 0.15) is 6.07 Å². The number of hydrogen-bond donors (Lipinski definition) is 0. The van der Waals surface area contributed by atoms with E-state index in [1.54, 1.807) is 6.07 Å². The summed E-state index contributed by atoms with van der Waals surface area (Å²) >= 11 is 11.2. The molecular weight excluding hydrogens is 340 g/mol. The highest BCUT2D eigenvalue weighted by Gasteiger charge is 2.03. The lowest BCUT2D eigenvalue weighted by molar-refractivity contribution is 1.45. The van der Waals surface area contributed by atoms with Crippen LogP contribution in [0.4, 0.5) is 0 Å². The van der Waals surface area contributed by atoms with Gasteiger partial charge < -0.3 is 0 Å². The van der Waals surface area contributed by atoms with Crippen molar-refractivity contribution in [3.8, 4) is 6.07 Å². The van der Waals surface area contributed by atoms with Gasteiger partial charge in [-0.1, -0.05) is 11.6 Å². The Kier molecular flexibility index (Phi) is 3.16. The molecule has 11 heavy (non-hydrogen) atoms. The molecule has 0 unspecified atom stereocenters. The number of nitrogens with zero attached hydrogens (tertiary/aromatic N) is 1. The fourth-order valence-corrected chi connectivity index (χ4v) is 2.10. The van der Waals surface area contributed by atoms with Gasteiger partial charge in [0.05, 0.1) is 10.6 Å². The molecule has 0 saturated heterocycles. The summed E-state index contributed by atoms with van der Waals surface area (Å²) in [5, 5.41) is 9.21. The third-order valence-electron chi connectivity index (χ3n) is 1.13. The average molecular weight is 342 g/mol. The molecule has 0 heterocycles. The van der Waals surface area contributed by atoms with Crippen molar-refractivity contribution >= 4 is 50.1 Å². The van der Waals surface area contributed by atoms with E-state index in [2.05, 4.69) is 38.5 Å². The Morgan fingerprint density at radius 2 is 2.18 bits per heavy atom. The largest absolute Gasteiger partial charge is 0.192 e. The molecule has 1 aromatic carbocycles. The Hall–Kier alpha value is 0.210. The van der Waals surface area contributed by atoms with E-state index in [0.29, 0.717) is 10.6 Å². The van der Waals surface area contributed by atoms with Gasteiger partial charge >= 0.3 is 0 Å². The minimum atomic E-state index is 0.565. The number of rotatable bonds is 0. The molecule has 1 aromatic rings. The van der Waals surface area contributed by atoms with Crippen LogP contribution in [0, 0.1) is 14.9 Å². The number of benzene rings is 1. The molecule has 1 rings (SSSR count). The Morgan fingerprint density at radius 1 is 1.55 bits per heavy atom. The monoisotopic (exact) mass is 341 g/mol. The maximum Gasteiger partial charge on any atom is 0.100 e. The fraction of sp³-hybridized carbons (Fsp3) is 0. The quantitative estimate of drug-likeness (QED) is 0.522. The summed E-state index contributed by atoms with van der Waals surface area (Å²) in [6.45, 7) is 0. The SMILES string of the molecule is N#Cc1cc(Cl)c(I)cc1Br. The molecule has 0 aromatic heterocycles. The highest BCUT2D eigenvalue weighted by atomic mass is 127. The summed E-state index contributed by atoms with van der Waals surface area (Å²) in [6, 6.07) is 5.50. The minimum Gasteiger partial charge on any atom is -0.192 e. The molecule has 0 saturated carbocycles. The van der Waals surface area contributed by atoms with Crippen LogP contribution >= 0.6 is 50.1 Å². The first kappa shape index (κ1) is 9.30. The maximum absolute atomic E-state index is 8.59. The van der Waals surface area contributed by atoms with E-state index in [1.165, 1.54) is 0 Å². The second-order valence-corrected chi connectivity index (χ2v) is 4.28. The van der Waals surface area contributed by atoms with Crippen molar-refractivity contribution < 1.29 is 0 Å². The molecule has 0 atom stereocenters. The molecule has 0 bridgehead atoms. The summed E-state index contributed by atoms with van der Waals surface area (Å²) in [7, 11) is 0. The predicted octanol–water partition coefficient (Wildman–Crippen LogP) is 3.58. The van der Waals surface area contributed by atoms with E-state index in [0.717, 1.165) is 8.04 Å². The van der Waals surface area contributed by atoms with Crippen molar-refractivity contribution in [2.24, 2.45) is 0 Å². The molecule has 0 aliphatic carbocycles. The zero-order chi connectivity index (χ0) is 8.43. The Balaban J connectivity index is 3.35. The summed E-state index contributed by atoms with van der Waals surface area (Å²) in [4.78, 5) is 0. The molecule has 0 radical (unpaired) electrons. The third-order valence-corrected chi connectivity index (χ3v) is 3.31. The first-order valence-corrected chi connectivity index (χ1v) is 4.94. The van der Waals surface area contributed by atoms with Gasteiger partial charge in [0.2, 0.25) is 0 Å². The first-order valence-electron chi connectivity index (χ1n) is 2.70. The topological polar surface area (TPSA) is 23.8 Å². The Bertz CT molecular complexity index is 332. The summed E-state index contributed by atoms with van der Waals surface area (Å²) in [5.74, 6) is 0. The molecule has 0 aliphatic rings. The predicted molar refractivity (Wildman–Crippen MR) is 56.6 cm³/mol. The Labute approximate surface area is 91.6 Å². The third kappa shape index (κ3) is 2.08. The van der Waals surface area contributed by atoms with E-state index in [9.17, 15) is 0 Å². The van der Waals surface area contributed by atoms with Crippen molar-refractivity contribution in [3.05, 3.63) is 30.8 Å². The van der Waals surface area contributed by atoms with Crippen LogP contribution in [0.15, 0.2) is 16.6 Å². The van der Waals surface area contributed by atoms with Crippen molar-refractivity contribution in [2.75, 3.05) is 0 Å². The van der Waals surface area contributed by atoms with Crippen LogP contribution in [0.25, 0.3) is 0 Å². The fourth-order valence-electron chi connectivity index (χ4n) is 0.608. The van der Waals surface area contributed by atoms with E-state index >= 15 is 0 Å². The van der Waals surface area contributed by atoms with Gasteiger partial charge in [-0.3, -0.25) is 0 Å². The normalized spacial score (nSPS) is 9.27. The maximum atomic E-state index is 8.59. The molecule has 0 amide bonds. The standard InChI is InChI=1S/C7H2BrClIN/c8-5-2-7(10)6(9)1-4(5)3-11/h1-2H. The lowest BCUT2D eigenvalue weighted by Crippen LogP contribution is -1.80. The van der Waals surface area contributed by atoms with Gasteiger partial charge in [-0.25, -0.2) is 0 Å². The molecule has 0 fully saturated rings. The first-order chi connectivity index (χ1) is 5.15. The smallest absolute Gasteiger partial charge is 0.100 e. The second kappa shape index (κ2) is 3.74. The van der Waals surface area contributed by atoms with Gasteiger partial charge in [0, 0.05) is 8.04 Å². The van der Waals surface area contributed by atoms with Crippen molar-refractivity contribution in [1.29, 1.82) is 5.26 Å². The minimum absolute atomic E-state index is 0.565. The van der Waals surface area contributed by atoms with Crippen LogP contribution in [0.5, 0.6) is 0 Å². The van der Waals surface area contributed by atoms with Crippen LogP contribution in [0.3, 0.4) is 0 Å². The van der Waals surface area contributed by atoms with Gasteiger partial charge in [-0.2, -0.15) is 5.26 Å². The zero-order valence-corrected chi connectivity index (χ0v) is 9.74. The molecule has 1 nitrogen and oxygen atoms in total. The van der Waals surface area contributed by atoms with Gasteiger partial charge in [0.15, 0.2) is 0 Å². The highest BCUT2D eigenvalue weighted by Crippen LogP contribution is 2.25. The summed E-state index contributed by atoms with van der Waals surface area (Å²) in [5.41, 5.74) is 0.565. The molecule has 0 aliphatic heterocycles. The number of nitriles is 1. The molecule has 0 spiro atoms. The molecule has 4 heteroatoms. The summed E-state index contributed by atoms with van der Waals surface area (Å²) < 4.78 is 1.73. The van der Waals surface area contributed by atoms with Crippen LogP contribution in [-0.4, -0.2) is 0 Å². The van der Waals surface area contributed by atoms with Crippen molar-refractivity contribution in [1.82, 2.24) is 0 Å². The average Bonchev–Trinajstić information content (AvgIpc) is 1.97. The second-order valence-electron chi connectivity index (χ2n) is 1.86. The van der Waals surface area contributed by atoms with E-state index in [1.807, 2.05) is 12.1 Å². The molecule has 0 N–H and O–H groups in total.